The van der Waals surface area contributed by atoms with Crippen LogP contribution in [0, 0.1) is 0 Å². The van der Waals surface area contributed by atoms with Gasteiger partial charge in [0.05, 0.1) is 0 Å². The lowest BCUT2D eigenvalue weighted by molar-refractivity contribution is 0.592. The Balaban J connectivity index is 2.49. The van der Waals surface area contributed by atoms with E-state index in [1.165, 1.54) is 5.56 Å². The fourth-order valence-corrected chi connectivity index (χ4v) is 2.77. The van der Waals surface area contributed by atoms with Crippen LogP contribution in [0.25, 0.3) is 0 Å². The van der Waals surface area contributed by atoms with Crippen LogP contribution in [0.5, 0.6) is 0 Å². The Labute approximate surface area is 139 Å². The third-order valence-corrected chi connectivity index (χ3v) is 3.96. The SMILES string of the molecule is CC(C)(C)c1ccccc1Nc1cc(Br)ccc1C(N)=S. The van der Waals surface area contributed by atoms with Crippen LogP contribution in [0.1, 0.15) is 31.9 Å². The predicted molar refractivity (Wildman–Crippen MR) is 98.5 cm³/mol. The van der Waals surface area contributed by atoms with Crippen molar-refractivity contribution in [1.29, 1.82) is 0 Å². The minimum absolute atomic E-state index is 0.0546. The maximum Gasteiger partial charge on any atom is 0.106 e. The normalized spacial score (nSPS) is 11.2. The Morgan fingerprint density at radius 1 is 1.10 bits per heavy atom. The van der Waals surface area contributed by atoms with Crippen molar-refractivity contribution in [2.45, 2.75) is 26.2 Å². The predicted octanol–water partition coefficient (Wildman–Crippen LogP) is 5.12. The molecule has 0 heterocycles. The molecule has 2 rings (SSSR count). The van der Waals surface area contributed by atoms with Gasteiger partial charge in [0.25, 0.3) is 0 Å². The van der Waals surface area contributed by atoms with Crippen LogP contribution in [0.15, 0.2) is 46.9 Å². The molecule has 0 spiro atoms. The Hall–Kier alpha value is -1.39. The molecule has 2 aromatic carbocycles. The van der Waals surface area contributed by atoms with E-state index in [4.69, 9.17) is 18.0 Å². The highest BCUT2D eigenvalue weighted by Crippen LogP contribution is 2.33. The van der Waals surface area contributed by atoms with Gasteiger partial charge in [-0.1, -0.05) is 67.1 Å². The lowest BCUT2D eigenvalue weighted by atomic mass is 9.85. The molecule has 21 heavy (non-hydrogen) atoms. The van der Waals surface area contributed by atoms with Gasteiger partial charge in [0.2, 0.25) is 0 Å². The van der Waals surface area contributed by atoms with Crippen molar-refractivity contribution in [3.8, 4) is 0 Å². The summed E-state index contributed by atoms with van der Waals surface area (Å²) in [7, 11) is 0. The number of halogens is 1. The van der Waals surface area contributed by atoms with E-state index in [9.17, 15) is 0 Å². The number of hydrogen-bond donors (Lipinski definition) is 2. The van der Waals surface area contributed by atoms with Gasteiger partial charge in [-0.15, -0.1) is 0 Å². The highest BCUT2D eigenvalue weighted by molar-refractivity contribution is 9.10. The van der Waals surface area contributed by atoms with Crippen molar-refractivity contribution in [2.24, 2.45) is 5.73 Å². The third-order valence-electron chi connectivity index (χ3n) is 3.25. The van der Waals surface area contributed by atoms with Gasteiger partial charge in [0, 0.05) is 21.4 Å². The molecule has 0 fully saturated rings. The average Bonchev–Trinajstić information content (AvgIpc) is 2.37. The minimum atomic E-state index is 0.0546. The molecule has 0 radical (unpaired) electrons. The van der Waals surface area contributed by atoms with Crippen molar-refractivity contribution in [3.05, 3.63) is 58.1 Å². The summed E-state index contributed by atoms with van der Waals surface area (Å²) in [6, 6.07) is 14.2. The molecule has 0 aliphatic carbocycles. The van der Waals surface area contributed by atoms with Gasteiger partial charge in [-0.05, 0) is 35.2 Å². The number of hydrogen-bond acceptors (Lipinski definition) is 2. The lowest BCUT2D eigenvalue weighted by Crippen LogP contribution is -2.15. The van der Waals surface area contributed by atoms with Crippen LogP contribution < -0.4 is 11.1 Å². The number of para-hydroxylation sites is 1. The molecular weight excluding hydrogens is 344 g/mol. The van der Waals surface area contributed by atoms with Crippen LogP contribution in [0.2, 0.25) is 0 Å². The zero-order valence-electron chi connectivity index (χ0n) is 12.4. The van der Waals surface area contributed by atoms with Crippen molar-refractivity contribution in [1.82, 2.24) is 0 Å². The number of nitrogens with one attached hydrogen (secondary N) is 1. The first-order valence-corrected chi connectivity index (χ1v) is 7.95. The van der Waals surface area contributed by atoms with E-state index in [-0.39, 0.29) is 5.41 Å². The van der Waals surface area contributed by atoms with Crippen LogP contribution in [0.3, 0.4) is 0 Å². The van der Waals surface area contributed by atoms with E-state index < -0.39 is 0 Å². The van der Waals surface area contributed by atoms with Crippen molar-refractivity contribution < 1.29 is 0 Å². The topological polar surface area (TPSA) is 38.0 Å². The largest absolute Gasteiger partial charge is 0.389 e. The maximum absolute atomic E-state index is 5.82. The van der Waals surface area contributed by atoms with Gasteiger partial charge in [-0.3, -0.25) is 0 Å². The monoisotopic (exact) mass is 362 g/mol. The fourth-order valence-electron chi connectivity index (χ4n) is 2.23. The van der Waals surface area contributed by atoms with Gasteiger partial charge < -0.3 is 11.1 Å². The van der Waals surface area contributed by atoms with Gasteiger partial charge in [-0.2, -0.15) is 0 Å². The molecule has 0 saturated heterocycles. The molecule has 0 unspecified atom stereocenters. The van der Waals surface area contributed by atoms with E-state index in [2.05, 4.69) is 60.2 Å². The first kappa shape index (κ1) is 16.0. The molecule has 0 saturated carbocycles. The highest BCUT2D eigenvalue weighted by Gasteiger charge is 2.18. The molecule has 0 bridgehead atoms. The summed E-state index contributed by atoms with van der Waals surface area (Å²) in [5.41, 5.74) is 9.95. The first-order valence-electron chi connectivity index (χ1n) is 6.75. The van der Waals surface area contributed by atoms with E-state index in [1.807, 2.05) is 24.3 Å². The zero-order chi connectivity index (χ0) is 15.6. The summed E-state index contributed by atoms with van der Waals surface area (Å²) in [5.74, 6) is 0. The number of benzene rings is 2. The molecule has 2 aromatic rings. The molecule has 110 valence electrons. The second kappa shape index (κ2) is 6.16. The van der Waals surface area contributed by atoms with E-state index in [1.54, 1.807) is 0 Å². The van der Waals surface area contributed by atoms with Crippen LogP contribution >= 0.6 is 28.1 Å². The van der Waals surface area contributed by atoms with Gasteiger partial charge >= 0.3 is 0 Å². The molecule has 2 nitrogen and oxygen atoms in total. The summed E-state index contributed by atoms with van der Waals surface area (Å²) in [6.07, 6.45) is 0. The van der Waals surface area contributed by atoms with E-state index >= 15 is 0 Å². The Kier molecular flexibility index (Phi) is 4.69. The smallest absolute Gasteiger partial charge is 0.106 e. The zero-order valence-corrected chi connectivity index (χ0v) is 14.8. The number of anilines is 2. The Morgan fingerprint density at radius 2 is 1.76 bits per heavy atom. The standard InChI is InChI=1S/C17H19BrN2S/c1-17(2,3)13-6-4-5-7-14(13)20-15-10-11(18)8-9-12(15)16(19)21/h4-10,20H,1-3H3,(H2,19,21). The van der Waals surface area contributed by atoms with Gasteiger partial charge in [0.1, 0.15) is 4.99 Å². The second-order valence-corrected chi connectivity index (χ2v) is 7.33. The summed E-state index contributed by atoms with van der Waals surface area (Å²) in [5, 5.41) is 3.47. The summed E-state index contributed by atoms with van der Waals surface area (Å²) in [6.45, 7) is 6.59. The first-order chi connectivity index (χ1) is 9.79. The number of thiocarbonyl (C=S) groups is 1. The third kappa shape index (κ3) is 3.83. The lowest BCUT2D eigenvalue weighted by Gasteiger charge is -2.24. The highest BCUT2D eigenvalue weighted by atomic mass is 79.9. The summed E-state index contributed by atoms with van der Waals surface area (Å²) in [4.78, 5) is 0.387. The summed E-state index contributed by atoms with van der Waals surface area (Å²) >= 11 is 8.63. The molecule has 0 aliphatic heterocycles. The molecule has 0 aliphatic rings. The molecule has 0 aromatic heterocycles. The van der Waals surface area contributed by atoms with E-state index in [0.29, 0.717) is 4.99 Å². The molecule has 3 N–H and O–H groups in total. The number of rotatable bonds is 3. The second-order valence-electron chi connectivity index (χ2n) is 5.97. The van der Waals surface area contributed by atoms with Gasteiger partial charge in [-0.25, -0.2) is 0 Å². The maximum atomic E-state index is 5.82. The molecule has 0 atom stereocenters. The fraction of sp³-hybridized carbons (Fsp3) is 0.235. The van der Waals surface area contributed by atoms with Crippen molar-refractivity contribution in [2.75, 3.05) is 5.32 Å². The average molecular weight is 363 g/mol. The summed E-state index contributed by atoms with van der Waals surface area (Å²) < 4.78 is 0.984. The minimum Gasteiger partial charge on any atom is -0.389 e. The molecular formula is C17H19BrN2S. The van der Waals surface area contributed by atoms with Crippen LogP contribution in [-0.4, -0.2) is 4.99 Å². The molecule has 0 amide bonds. The van der Waals surface area contributed by atoms with Crippen LogP contribution in [0.4, 0.5) is 11.4 Å². The Morgan fingerprint density at radius 3 is 2.38 bits per heavy atom. The Bertz CT molecular complexity index is 675. The quantitative estimate of drug-likeness (QED) is 0.743. The van der Waals surface area contributed by atoms with Gasteiger partial charge in [0.15, 0.2) is 0 Å². The molecule has 4 heteroatoms. The number of nitrogens with two attached hydrogens (primary N) is 1. The van der Waals surface area contributed by atoms with Crippen molar-refractivity contribution in [3.63, 3.8) is 0 Å². The van der Waals surface area contributed by atoms with Crippen molar-refractivity contribution >= 4 is 44.5 Å². The van der Waals surface area contributed by atoms with E-state index in [0.717, 1.165) is 21.4 Å². The van der Waals surface area contributed by atoms with Crippen LogP contribution in [-0.2, 0) is 5.41 Å².